The zero-order valence-corrected chi connectivity index (χ0v) is 22.5. The molecular formula is C27H34ClF3O8. The summed E-state index contributed by atoms with van der Waals surface area (Å²) >= 11 is 6.93. The van der Waals surface area contributed by atoms with E-state index >= 15 is 0 Å². The molecule has 12 heteroatoms. The van der Waals surface area contributed by atoms with Crippen molar-refractivity contribution in [1.82, 2.24) is 0 Å². The highest BCUT2D eigenvalue weighted by atomic mass is 35.5. The van der Waals surface area contributed by atoms with Gasteiger partial charge in [-0.2, -0.15) is 18.1 Å². The molecule has 218 valence electrons. The largest absolute Gasteiger partial charge is 0.462 e. The topological polar surface area (TPSA) is 107 Å². The molecule has 1 aromatic rings. The van der Waals surface area contributed by atoms with E-state index in [2.05, 4.69) is 0 Å². The van der Waals surface area contributed by atoms with Crippen molar-refractivity contribution in [3.05, 3.63) is 29.3 Å². The lowest BCUT2D eigenvalue weighted by molar-refractivity contribution is -0.650. The number of alkyl halides is 4. The number of aliphatic hydroxyl groups is 3. The number of ether oxygens (including phenoxy) is 3. The fourth-order valence-corrected chi connectivity index (χ4v) is 8.44. The van der Waals surface area contributed by atoms with Gasteiger partial charge in [0.25, 0.3) is 5.79 Å². The van der Waals surface area contributed by atoms with Gasteiger partial charge in [-0.1, -0.05) is 19.1 Å². The molecule has 8 unspecified atom stereocenters. The maximum absolute atomic E-state index is 13.5. The average molecular weight is 579 g/mol. The second-order valence-corrected chi connectivity index (χ2v) is 12.8. The Morgan fingerprint density at radius 2 is 1.72 bits per heavy atom. The van der Waals surface area contributed by atoms with E-state index in [-0.39, 0.29) is 23.1 Å². The number of hydrogen-bond acceptors (Lipinski definition) is 8. The molecule has 3 N–H and O–H groups in total. The van der Waals surface area contributed by atoms with Gasteiger partial charge in [-0.25, -0.2) is 4.89 Å². The molecule has 2 saturated heterocycles. The Bertz CT molecular complexity index is 1090. The van der Waals surface area contributed by atoms with Crippen LogP contribution in [-0.4, -0.2) is 69.3 Å². The van der Waals surface area contributed by atoms with Gasteiger partial charge in [0, 0.05) is 10.4 Å². The van der Waals surface area contributed by atoms with Crippen LogP contribution in [0.25, 0.3) is 0 Å². The van der Waals surface area contributed by atoms with Crippen LogP contribution < -0.4 is 4.74 Å². The summed E-state index contributed by atoms with van der Waals surface area (Å²) in [6.45, 7) is 1.95. The Kier molecular flexibility index (Phi) is 6.75. The van der Waals surface area contributed by atoms with Crippen molar-refractivity contribution >= 4 is 11.6 Å². The molecule has 6 fully saturated rings. The van der Waals surface area contributed by atoms with Crippen molar-refractivity contribution in [2.24, 2.45) is 17.8 Å². The summed E-state index contributed by atoms with van der Waals surface area (Å²) in [6, 6.07) is 4.82. The fourth-order valence-electron chi connectivity index (χ4n) is 7.84. The van der Waals surface area contributed by atoms with Crippen LogP contribution in [0.1, 0.15) is 56.6 Å². The van der Waals surface area contributed by atoms with E-state index in [9.17, 15) is 28.5 Å². The molecule has 7 rings (SSSR count). The molecule has 6 aliphatic rings. The Morgan fingerprint density at radius 1 is 1.03 bits per heavy atom. The first-order chi connectivity index (χ1) is 18.3. The van der Waals surface area contributed by atoms with E-state index in [1.165, 1.54) is 6.07 Å². The molecule has 8 nitrogen and oxygen atoms in total. The first-order valence-corrected chi connectivity index (χ1v) is 13.9. The maximum Gasteiger partial charge on any atom is 0.411 e. The zero-order chi connectivity index (χ0) is 28.0. The van der Waals surface area contributed by atoms with E-state index in [1.54, 1.807) is 26.0 Å². The summed E-state index contributed by atoms with van der Waals surface area (Å²) in [6.07, 6.45) is -7.08. The summed E-state index contributed by atoms with van der Waals surface area (Å²) in [5.41, 5.74) is -0.255. The van der Waals surface area contributed by atoms with E-state index < -0.39 is 59.8 Å². The van der Waals surface area contributed by atoms with E-state index in [0.717, 1.165) is 19.3 Å². The molecule has 4 bridgehead atoms. The number of rotatable bonds is 6. The van der Waals surface area contributed by atoms with Crippen LogP contribution in [-0.2, 0) is 25.0 Å². The zero-order valence-electron chi connectivity index (χ0n) is 21.7. The van der Waals surface area contributed by atoms with Gasteiger partial charge in [0.05, 0.1) is 6.10 Å². The number of halogens is 4. The van der Waals surface area contributed by atoms with Crippen LogP contribution in [0.4, 0.5) is 13.2 Å². The maximum atomic E-state index is 13.5. The third-order valence-corrected chi connectivity index (χ3v) is 9.92. The van der Waals surface area contributed by atoms with Gasteiger partial charge in [0.15, 0.2) is 5.60 Å². The minimum absolute atomic E-state index is 0.153. The van der Waals surface area contributed by atoms with Gasteiger partial charge in [0.2, 0.25) is 6.29 Å². The van der Waals surface area contributed by atoms with Gasteiger partial charge in [-0.3, -0.25) is 0 Å². The third-order valence-electron chi connectivity index (χ3n) is 9.46. The van der Waals surface area contributed by atoms with Crippen LogP contribution in [0.2, 0.25) is 0 Å². The molecule has 0 amide bonds. The van der Waals surface area contributed by atoms with Crippen molar-refractivity contribution < 1.29 is 52.5 Å². The molecule has 2 heterocycles. The van der Waals surface area contributed by atoms with Gasteiger partial charge < -0.3 is 29.5 Å². The monoisotopic (exact) mass is 578 g/mol. The predicted octanol–water partition coefficient (Wildman–Crippen LogP) is 3.84. The molecule has 1 spiro atoms. The highest BCUT2D eigenvalue weighted by Gasteiger charge is 2.78. The highest BCUT2D eigenvalue weighted by Crippen LogP contribution is 2.71. The minimum Gasteiger partial charge on any atom is -0.462 e. The van der Waals surface area contributed by atoms with Crippen LogP contribution in [0, 0.1) is 24.7 Å². The van der Waals surface area contributed by atoms with Crippen LogP contribution >= 0.6 is 11.6 Å². The molecule has 0 radical (unpaired) electrons. The number of aryl methyl sites for hydroxylation is 1. The van der Waals surface area contributed by atoms with Crippen molar-refractivity contribution in [2.75, 3.05) is 6.61 Å². The quantitative estimate of drug-likeness (QED) is 0.345. The fraction of sp³-hybridized carbons (Fsp3) is 0.778. The molecular weight excluding hydrogens is 545 g/mol. The van der Waals surface area contributed by atoms with E-state index in [4.69, 9.17) is 35.6 Å². The summed E-state index contributed by atoms with van der Waals surface area (Å²) in [7, 11) is 0. The van der Waals surface area contributed by atoms with Crippen LogP contribution in [0.3, 0.4) is 0 Å². The first-order valence-electron chi connectivity index (χ1n) is 13.5. The second kappa shape index (κ2) is 9.42. The molecule has 8 atom stereocenters. The summed E-state index contributed by atoms with van der Waals surface area (Å²) in [5, 5.41) is 31.0. The van der Waals surface area contributed by atoms with Crippen molar-refractivity contribution in [3.63, 3.8) is 0 Å². The number of aliphatic hydroxyl groups excluding tert-OH is 3. The molecule has 39 heavy (non-hydrogen) atoms. The minimum atomic E-state index is -4.61. The Labute approximate surface area is 229 Å². The van der Waals surface area contributed by atoms with Crippen LogP contribution in [0.5, 0.6) is 5.75 Å². The van der Waals surface area contributed by atoms with Crippen molar-refractivity contribution in [1.29, 1.82) is 0 Å². The third kappa shape index (κ3) is 4.31. The summed E-state index contributed by atoms with van der Waals surface area (Å²) < 4.78 is 57.9. The normalized spacial score (nSPS) is 46.9. The number of hydrogen-bond donors (Lipinski definition) is 3. The first kappa shape index (κ1) is 28.0. The highest BCUT2D eigenvalue weighted by molar-refractivity contribution is 6.24. The smallest absolute Gasteiger partial charge is 0.411 e. The summed E-state index contributed by atoms with van der Waals surface area (Å²) in [4.78, 5) is 11.1. The Balaban J connectivity index is 1.36. The van der Waals surface area contributed by atoms with E-state index in [0.29, 0.717) is 30.7 Å². The van der Waals surface area contributed by atoms with Gasteiger partial charge in [-0.15, -0.1) is 11.6 Å². The summed E-state index contributed by atoms with van der Waals surface area (Å²) in [5.74, 6) is -1.57. The van der Waals surface area contributed by atoms with Crippen molar-refractivity contribution in [2.45, 2.75) is 106 Å². The molecule has 2 aliphatic heterocycles. The predicted molar refractivity (Wildman–Crippen MR) is 130 cm³/mol. The second-order valence-electron chi connectivity index (χ2n) is 12.0. The standard InChI is InChI=1S/C27H34ClF3O8/c1-3-18-20(32)21(33)22(34)23(36-18)37-19-8-15(5-4-13(19)2)27(35-12-25(29,30)31)26(38-39-27)16-6-14-7-17(26)11-24(28,9-14)10-16/h4-5,8,14,16-18,20-23,32-34H,3,6-7,9-12H2,1-2H3. The molecule has 0 aromatic heterocycles. The molecule has 1 aromatic carbocycles. The number of benzene rings is 1. The SMILES string of the molecule is CCC1OC(Oc2cc(C3(OCC(F)(F)F)OOC34C3CC5CC4CC(Cl)(C5)C3)ccc2C)C(O)C(O)C1O. The Hall–Kier alpha value is -1.18. The Morgan fingerprint density at radius 3 is 2.28 bits per heavy atom. The lowest BCUT2D eigenvalue weighted by Gasteiger charge is -2.70. The lowest BCUT2D eigenvalue weighted by Crippen LogP contribution is -2.78. The van der Waals surface area contributed by atoms with Gasteiger partial charge in [-0.05, 0) is 74.8 Å². The van der Waals surface area contributed by atoms with Gasteiger partial charge >= 0.3 is 6.18 Å². The van der Waals surface area contributed by atoms with Crippen LogP contribution in [0.15, 0.2) is 18.2 Å². The molecule has 4 saturated carbocycles. The lowest BCUT2D eigenvalue weighted by atomic mass is 9.46. The van der Waals surface area contributed by atoms with Crippen molar-refractivity contribution in [3.8, 4) is 5.75 Å². The van der Waals surface area contributed by atoms with E-state index in [1.807, 2.05) is 0 Å². The average Bonchev–Trinajstić information content (AvgIpc) is 2.84. The molecule has 4 aliphatic carbocycles. The van der Waals surface area contributed by atoms with Gasteiger partial charge in [0.1, 0.15) is 30.7 Å².